The van der Waals surface area contributed by atoms with Gasteiger partial charge in [-0.15, -0.1) is 0 Å². The Kier molecular flexibility index (Phi) is 8.74. The largest absolute Gasteiger partial charge is 0.391 e. The van der Waals surface area contributed by atoms with Gasteiger partial charge >= 0.3 is 13.3 Å². The van der Waals surface area contributed by atoms with Crippen LogP contribution in [-0.4, -0.2) is 52.6 Å². The molecule has 0 fully saturated rings. The van der Waals surface area contributed by atoms with E-state index in [9.17, 15) is 24.1 Å². The third-order valence-corrected chi connectivity index (χ3v) is 5.64. The average molecular weight is 442 g/mol. The molecule has 0 aromatic carbocycles. The molecule has 1 aromatic rings. The summed E-state index contributed by atoms with van der Waals surface area (Å²) in [6, 6.07) is 0. The van der Waals surface area contributed by atoms with Gasteiger partial charge in [-0.2, -0.15) is 0 Å². The first-order valence-corrected chi connectivity index (χ1v) is 10.0. The Hall–Kier alpha value is -1.26. The Bertz CT molecular complexity index is 738. The number of amides is 1. The number of carbonyl (C=O) groups excluding carboxylic acids is 1. The van der Waals surface area contributed by atoms with Crippen LogP contribution in [0.2, 0.25) is 0 Å². The lowest BCUT2D eigenvalue weighted by atomic mass is 10.4. The van der Waals surface area contributed by atoms with Crippen molar-refractivity contribution in [2.75, 3.05) is 25.9 Å². The number of hydrogen-bond donors (Lipinski definition) is 3. The molecule has 25 heavy (non-hydrogen) atoms. The molecule has 0 aliphatic carbocycles. The van der Waals surface area contributed by atoms with E-state index in [2.05, 4.69) is 21.2 Å². The number of H-pyrrole nitrogens is 1. The number of hydrogen-bond acceptors (Lipinski definition) is 7. The average Bonchev–Trinajstić information content (AvgIpc) is 2.51. The number of rotatable bonds is 10. The molecule has 1 atom stereocenters. The van der Waals surface area contributed by atoms with E-state index < -0.39 is 30.9 Å². The maximum Gasteiger partial charge on any atom is 0.333 e. The van der Waals surface area contributed by atoms with Crippen LogP contribution in [0.3, 0.4) is 0 Å². The van der Waals surface area contributed by atoms with E-state index in [0.29, 0.717) is 0 Å². The van der Waals surface area contributed by atoms with Crippen molar-refractivity contribution in [3.63, 3.8) is 0 Å². The molecule has 0 aliphatic rings. The SMILES string of the molecule is CCOP(=O)(CC(O)CNC(=O)Cn1cc(Br)c(=O)[nH]c1=O)OCC. The monoisotopic (exact) mass is 441 g/mol. The summed E-state index contributed by atoms with van der Waals surface area (Å²) in [5, 5.41) is 12.3. The van der Waals surface area contributed by atoms with Gasteiger partial charge in [0.1, 0.15) is 6.54 Å². The number of aliphatic hydroxyl groups excluding tert-OH is 1. The van der Waals surface area contributed by atoms with Crippen LogP contribution in [0.1, 0.15) is 13.8 Å². The lowest BCUT2D eigenvalue weighted by Crippen LogP contribution is -2.39. The molecule has 10 nitrogen and oxygen atoms in total. The van der Waals surface area contributed by atoms with E-state index in [-0.39, 0.29) is 36.9 Å². The van der Waals surface area contributed by atoms with E-state index in [4.69, 9.17) is 9.05 Å². The summed E-state index contributed by atoms with van der Waals surface area (Å²) in [5.41, 5.74) is -1.33. The van der Waals surface area contributed by atoms with Crippen LogP contribution in [0, 0.1) is 0 Å². The molecule has 0 radical (unpaired) electrons. The van der Waals surface area contributed by atoms with Crippen LogP contribution in [0.15, 0.2) is 20.3 Å². The highest BCUT2D eigenvalue weighted by Gasteiger charge is 2.27. The zero-order chi connectivity index (χ0) is 19.0. The van der Waals surface area contributed by atoms with Gasteiger partial charge in [0.05, 0.1) is 30.0 Å². The molecule has 1 aromatic heterocycles. The maximum atomic E-state index is 12.3. The topological polar surface area (TPSA) is 140 Å². The fourth-order valence-electron chi connectivity index (χ4n) is 1.90. The second-order valence-corrected chi connectivity index (χ2v) is 7.91. The number of nitrogens with zero attached hydrogens (tertiary/aromatic N) is 1. The molecule has 142 valence electrons. The van der Waals surface area contributed by atoms with Gasteiger partial charge in [0.25, 0.3) is 5.56 Å². The summed E-state index contributed by atoms with van der Waals surface area (Å²) in [6.07, 6.45) is -0.221. The summed E-state index contributed by atoms with van der Waals surface area (Å²) in [5.74, 6) is -0.567. The summed E-state index contributed by atoms with van der Waals surface area (Å²) in [4.78, 5) is 36.7. The first-order chi connectivity index (χ1) is 11.7. The van der Waals surface area contributed by atoms with Crippen LogP contribution >= 0.6 is 23.5 Å². The van der Waals surface area contributed by atoms with E-state index >= 15 is 0 Å². The van der Waals surface area contributed by atoms with E-state index in [1.165, 1.54) is 6.20 Å². The zero-order valence-corrected chi connectivity index (χ0v) is 16.3. The van der Waals surface area contributed by atoms with E-state index in [1.54, 1.807) is 13.8 Å². The molecule has 0 saturated heterocycles. The minimum absolute atomic E-state index is 0.106. The number of aromatic amines is 1. The van der Waals surface area contributed by atoms with Crippen molar-refractivity contribution in [2.24, 2.45) is 0 Å². The Morgan fingerprint density at radius 2 is 2.00 bits per heavy atom. The molecular weight excluding hydrogens is 421 g/mol. The van der Waals surface area contributed by atoms with Gasteiger partial charge in [-0.25, -0.2) is 4.79 Å². The molecule has 1 rings (SSSR count). The number of carbonyl (C=O) groups is 1. The van der Waals surface area contributed by atoms with Crippen LogP contribution in [0.25, 0.3) is 0 Å². The van der Waals surface area contributed by atoms with Crippen LogP contribution < -0.4 is 16.6 Å². The smallest absolute Gasteiger partial charge is 0.333 e. The molecule has 1 amide bonds. The highest BCUT2D eigenvalue weighted by molar-refractivity contribution is 9.10. The van der Waals surface area contributed by atoms with Gasteiger partial charge in [-0.05, 0) is 29.8 Å². The second kappa shape index (κ2) is 10.0. The minimum Gasteiger partial charge on any atom is -0.391 e. The van der Waals surface area contributed by atoms with Crippen molar-refractivity contribution >= 4 is 29.4 Å². The molecule has 0 saturated carbocycles. The van der Waals surface area contributed by atoms with Crippen LogP contribution in [0.4, 0.5) is 0 Å². The van der Waals surface area contributed by atoms with Crippen molar-refractivity contribution < 1.29 is 23.5 Å². The predicted octanol–water partition coefficient (Wildman–Crippen LogP) is 0.0423. The molecule has 12 heteroatoms. The number of halogens is 1. The highest BCUT2D eigenvalue weighted by atomic mass is 79.9. The lowest BCUT2D eigenvalue weighted by molar-refractivity contribution is -0.122. The standard InChI is InChI=1S/C13H21BrN3O7P/c1-3-23-25(22,24-4-2)8-9(18)5-15-11(19)7-17-6-10(14)12(20)16-13(17)21/h6,9,18H,3-5,7-8H2,1-2H3,(H,15,19)(H,16,20,21). The maximum absolute atomic E-state index is 12.3. The van der Waals surface area contributed by atoms with Crippen molar-refractivity contribution in [3.8, 4) is 0 Å². The predicted molar refractivity (Wildman–Crippen MR) is 93.8 cm³/mol. The fraction of sp³-hybridized carbons (Fsp3) is 0.615. The van der Waals surface area contributed by atoms with Gasteiger partial charge in [-0.3, -0.25) is 23.7 Å². The second-order valence-electron chi connectivity index (χ2n) is 4.95. The summed E-state index contributed by atoms with van der Waals surface area (Å²) in [6.45, 7) is 3.10. The van der Waals surface area contributed by atoms with Gasteiger partial charge in [0.2, 0.25) is 5.91 Å². The Labute approximate surface area is 152 Å². The quantitative estimate of drug-likeness (QED) is 0.435. The van der Waals surface area contributed by atoms with Crippen LogP contribution in [-0.2, 0) is 25.0 Å². The van der Waals surface area contributed by atoms with Gasteiger partial charge in [-0.1, -0.05) is 0 Å². The molecule has 0 spiro atoms. The molecule has 0 aliphatic heterocycles. The summed E-state index contributed by atoms with van der Waals surface area (Å²) >= 11 is 2.96. The van der Waals surface area contributed by atoms with Crippen molar-refractivity contribution in [3.05, 3.63) is 31.5 Å². The first kappa shape index (κ1) is 21.8. The third-order valence-electron chi connectivity index (χ3n) is 2.90. The molecule has 0 bridgehead atoms. The molecular formula is C13H21BrN3O7P. The number of nitrogens with one attached hydrogen (secondary N) is 2. The van der Waals surface area contributed by atoms with E-state index in [0.717, 1.165) is 4.57 Å². The molecule has 1 heterocycles. The van der Waals surface area contributed by atoms with E-state index in [1.807, 2.05) is 4.98 Å². The van der Waals surface area contributed by atoms with Gasteiger partial charge < -0.3 is 19.5 Å². The number of aliphatic hydroxyl groups is 1. The van der Waals surface area contributed by atoms with Crippen molar-refractivity contribution in [1.29, 1.82) is 0 Å². The number of aromatic nitrogens is 2. The normalized spacial score (nSPS) is 12.8. The minimum atomic E-state index is -3.42. The van der Waals surface area contributed by atoms with Crippen molar-refractivity contribution in [2.45, 2.75) is 26.5 Å². The molecule has 3 N–H and O–H groups in total. The fourth-order valence-corrected chi connectivity index (χ4v) is 3.96. The third kappa shape index (κ3) is 7.25. The van der Waals surface area contributed by atoms with Gasteiger partial charge in [0, 0.05) is 12.7 Å². The summed E-state index contributed by atoms with van der Waals surface area (Å²) in [7, 11) is -3.42. The van der Waals surface area contributed by atoms with Crippen molar-refractivity contribution in [1.82, 2.24) is 14.9 Å². The highest BCUT2D eigenvalue weighted by Crippen LogP contribution is 2.48. The molecule has 1 unspecified atom stereocenters. The van der Waals surface area contributed by atoms with Gasteiger partial charge in [0.15, 0.2) is 0 Å². The zero-order valence-electron chi connectivity index (χ0n) is 13.9. The Balaban J connectivity index is 2.58. The Morgan fingerprint density at radius 1 is 1.40 bits per heavy atom. The first-order valence-electron chi connectivity index (χ1n) is 7.53. The van der Waals surface area contributed by atoms with Crippen LogP contribution in [0.5, 0.6) is 0 Å². The summed E-state index contributed by atoms with van der Waals surface area (Å²) < 4.78 is 23.5. The lowest BCUT2D eigenvalue weighted by Gasteiger charge is -2.20. The Morgan fingerprint density at radius 3 is 2.56 bits per heavy atom.